The van der Waals surface area contributed by atoms with Gasteiger partial charge in [0.05, 0.1) is 15.2 Å². The molecule has 106 valence electrons. The highest BCUT2D eigenvalue weighted by atomic mass is 35.5. The molecule has 0 saturated carbocycles. The van der Waals surface area contributed by atoms with Crippen LogP contribution in [0.1, 0.15) is 12.2 Å². The van der Waals surface area contributed by atoms with Gasteiger partial charge in [-0.3, -0.25) is 0 Å². The third-order valence-electron chi connectivity index (χ3n) is 3.59. The highest BCUT2D eigenvalue weighted by Crippen LogP contribution is 2.30. The van der Waals surface area contributed by atoms with Crippen molar-refractivity contribution in [3.8, 4) is 0 Å². The number of hydrogen-bond donors (Lipinski definition) is 1. The van der Waals surface area contributed by atoms with Crippen LogP contribution in [0.2, 0.25) is 5.02 Å². The number of anilines is 1. The minimum atomic E-state index is -3.50. The second kappa shape index (κ2) is 4.79. The average molecular weight is 312 g/mol. The van der Waals surface area contributed by atoms with Crippen LogP contribution in [0.15, 0.2) is 35.5 Å². The first-order valence-electron chi connectivity index (χ1n) is 6.27. The summed E-state index contributed by atoms with van der Waals surface area (Å²) in [5.74, 6) is 0.926. The van der Waals surface area contributed by atoms with Crippen molar-refractivity contribution in [2.75, 3.05) is 5.73 Å². The van der Waals surface area contributed by atoms with Crippen molar-refractivity contribution in [3.05, 3.63) is 41.4 Å². The average Bonchev–Trinajstić information content (AvgIpc) is 2.88. The summed E-state index contributed by atoms with van der Waals surface area (Å²) in [7, 11) is -3.50. The molecule has 0 radical (unpaired) electrons. The molecule has 1 aromatic carbocycles. The predicted octanol–water partition coefficient (Wildman–Crippen LogP) is 1.91. The molecule has 1 aliphatic heterocycles. The lowest BCUT2D eigenvalue weighted by molar-refractivity contribution is 0.496. The Kier molecular flexibility index (Phi) is 3.22. The van der Waals surface area contributed by atoms with Crippen LogP contribution in [0.5, 0.6) is 0 Å². The monoisotopic (exact) mass is 311 g/mol. The number of halogens is 1. The van der Waals surface area contributed by atoms with Crippen molar-refractivity contribution >= 4 is 27.1 Å². The first-order chi connectivity index (χ1) is 9.48. The number of fused-ring (bicyclic) bond motifs is 1. The Balaban J connectivity index is 1.99. The van der Waals surface area contributed by atoms with Gasteiger partial charge in [-0.2, -0.15) is 0 Å². The zero-order chi connectivity index (χ0) is 14.3. The molecule has 1 aromatic heterocycles. The second-order valence-corrected chi connectivity index (χ2v) is 7.50. The Morgan fingerprint density at radius 3 is 3.00 bits per heavy atom. The fourth-order valence-corrected chi connectivity index (χ4v) is 4.73. The van der Waals surface area contributed by atoms with Crippen molar-refractivity contribution in [1.29, 1.82) is 0 Å². The van der Waals surface area contributed by atoms with Crippen molar-refractivity contribution in [2.45, 2.75) is 29.5 Å². The summed E-state index contributed by atoms with van der Waals surface area (Å²) < 4.78 is 27.3. The number of nitrogen functional groups attached to an aromatic ring is 1. The minimum Gasteiger partial charge on any atom is -0.399 e. The first kappa shape index (κ1) is 13.5. The molecule has 7 heteroatoms. The Morgan fingerprint density at radius 2 is 2.20 bits per heavy atom. The second-order valence-electron chi connectivity index (χ2n) is 4.89. The summed E-state index contributed by atoms with van der Waals surface area (Å²) >= 11 is 6.03. The maximum Gasteiger partial charge on any atom is 0.184 e. The number of aryl methyl sites for hydroxylation is 1. The van der Waals surface area contributed by atoms with Gasteiger partial charge in [0.15, 0.2) is 9.84 Å². The van der Waals surface area contributed by atoms with Crippen molar-refractivity contribution in [2.24, 2.45) is 0 Å². The molecule has 0 bridgehead atoms. The van der Waals surface area contributed by atoms with Crippen LogP contribution >= 0.6 is 11.6 Å². The van der Waals surface area contributed by atoms with Gasteiger partial charge in [0.1, 0.15) is 5.82 Å². The van der Waals surface area contributed by atoms with E-state index in [9.17, 15) is 8.42 Å². The molecule has 0 spiro atoms. The molecule has 2 heterocycles. The van der Waals surface area contributed by atoms with E-state index in [0.717, 1.165) is 5.82 Å². The molecule has 0 fully saturated rings. The van der Waals surface area contributed by atoms with Crippen molar-refractivity contribution < 1.29 is 8.42 Å². The molecule has 1 aliphatic rings. The molecule has 3 rings (SSSR count). The molecular weight excluding hydrogens is 298 g/mol. The van der Waals surface area contributed by atoms with Gasteiger partial charge in [-0.05, 0) is 24.6 Å². The maximum atomic E-state index is 12.7. The van der Waals surface area contributed by atoms with Gasteiger partial charge in [-0.15, -0.1) is 0 Å². The van der Waals surface area contributed by atoms with Gasteiger partial charge in [-0.25, -0.2) is 13.4 Å². The Bertz CT molecular complexity index is 755. The van der Waals surface area contributed by atoms with Gasteiger partial charge >= 0.3 is 0 Å². The molecule has 1 atom stereocenters. The van der Waals surface area contributed by atoms with Crippen LogP contribution in [-0.2, 0) is 22.8 Å². The third kappa shape index (κ3) is 2.19. The highest BCUT2D eigenvalue weighted by Gasteiger charge is 2.32. The van der Waals surface area contributed by atoms with E-state index >= 15 is 0 Å². The number of nitrogens with two attached hydrogens (primary N) is 1. The Labute approximate surface area is 122 Å². The number of aromatic nitrogens is 2. The lowest BCUT2D eigenvalue weighted by Crippen LogP contribution is -2.32. The fraction of sp³-hybridized carbons (Fsp3) is 0.308. The smallest absolute Gasteiger partial charge is 0.184 e. The molecule has 0 saturated heterocycles. The zero-order valence-corrected chi connectivity index (χ0v) is 12.2. The van der Waals surface area contributed by atoms with E-state index in [1.807, 2.05) is 4.57 Å². The molecule has 2 N–H and O–H groups in total. The predicted molar refractivity (Wildman–Crippen MR) is 77.4 cm³/mol. The van der Waals surface area contributed by atoms with E-state index in [2.05, 4.69) is 4.98 Å². The van der Waals surface area contributed by atoms with Crippen LogP contribution in [-0.4, -0.2) is 23.2 Å². The van der Waals surface area contributed by atoms with Crippen LogP contribution in [0.4, 0.5) is 5.69 Å². The number of nitrogens with zero attached hydrogens (tertiary/aromatic N) is 2. The SMILES string of the molecule is Nc1ccc(Cl)c(S(=O)(=O)C2CCc3nccn3C2)c1. The summed E-state index contributed by atoms with van der Waals surface area (Å²) in [6, 6.07) is 4.55. The highest BCUT2D eigenvalue weighted by molar-refractivity contribution is 7.92. The molecule has 5 nitrogen and oxygen atoms in total. The van der Waals surface area contributed by atoms with Crippen molar-refractivity contribution in [1.82, 2.24) is 9.55 Å². The normalized spacial score (nSPS) is 18.8. The lowest BCUT2D eigenvalue weighted by atomic mass is 10.1. The van der Waals surface area contributed by atoms with Gasteiger partial charge in [0, 0.05) is 31.0 Å². The third-order valence-corrected chi connectivity index (χ3v) is 6.25. The summed E-state index contributed by atoms with van der Waals surface area (Å²) in [5.41, 5.74) is 6.07. The largest absolute Gasteiger partial charge is 0.399 e. The van der Waals surface area contributed by atoms with E-state index in [0.29, 0.717) is 25.1 Å². The maximum absolute atomic E-state index is 12.7. The van der Waals surface area contributed by atoms with Gasteiger partial charge < -0.3 is 10.3 Å². The minimum absolute atomic E-state index is 0.118. The fourth-order valence-electron chi connectivity index (χ4n) is 2.51. The molecule has 20 heavy (non-hydrogen) atoms. The molecule has 0 amide bonds. The van der Waals surface area contributed by atoms with E-state index in [-0.39, 0.29) is 9.92 Å². The number of hydrogen-bond acceptors (Lipinski definition) is 4. The number of rotatable bonds is 2. The van der Waals surface area contributed by atoms with Gasteiger partial charge in [0.25, 0.3) is 0 Å². The number of sulfone groups is 1. The van der Waals surface area contributed by atoms with E-state index in [4.69, 9.17) is 17.3 Å². The van der Waals surface area contributed by atoms with Crippen LogP contribution in [0, 0.1) is 0 Å². The standard InChI is InChI=1S/C13H14ClN3O2S/c14-11-3-1-9(15)7-12(11)20(18,19)10-2-4-13-16-5-6-17(13)8-10/h1,3,5-7,10H,2,4,8,15H2. The lowest BCUT2D eigenvalue weighted by Gasteiger charge is -2.24. The van der Waals surface area contributed by atoms with Crippen LogP contribution < -0.4 is 5.73 Å². The van der Waals surface area contributed by atoms with E-state index < -0.39 is 15.1 Å². The summed E-state index contributed by atoms with van der Waals surface area (Å²) in [6.45, 7) is 0.406. The van der Waals surface area contributed by atoms with Gasteiger partial charge in [-0.1, -0.05) is 11.6 Å². The molecule has 1 unspecified atom stereocenters. The summed E-state index contributed by atoms with van der Waals surface area (Å²) in [6.07, 6.45) is 4.69. The Hall–Kier alpha value is -1.53. The summed E-state index contributed by atoms with van der Waals surface area (Å²) in [5, 5.41) is -0.279. The molecule has 2 aromatic rings. The van der Waals surface area contributed by atoms with E-state index in [1.165, 1.54) is 12.1 Å². The van der Waals surface area contributed by atoms with Gasteiger partial charge in [0.2, 0.25) is 0 Å². The van der Waals surface area contributed by atoms with Crippen molar-refractivity contribution in [3.63, 3.8) is 0 Å². The Morgan fingerprint density at radius 1 is 1.40 bits per heavy atom. The van der Waals surface area contributed by atoms with Crippen LogP contribution in [0.25, 0.3) is 0 Å². The molecule has 0 aliphatic carbocycles. The molecular formula is C13H14ClN3O2S. The quantitative estimate of drug-likeness (QED) is 0.859. The number of imidazole rings is 1. The van der Waals surface area contributed by atoms with E-state index in [1.54, 1.807) is 18.5 Å². The topological polar surface area (TPSA) is 78.0 Å². The zero-order valence-electron chi connectivity index (χ0n) is 10.7. The summed E-state index contributed by atoms with van der Waals surface area (Å²) in [4.78, 5) is 4.32. The van der Waals surface area contributed by atoms with Crippen LogP contribution in [0.3, 0.4) is 0 Å². The first-order valence-corrected chi connectivity index (χ1v) is 8.20. The number of benzene rings is 1.